The van der Waals surface area contributed by atoms with Crippen molar-refractivity contribution in [3.05, 3.63) is 16.4 Å². The van der Waals surface area contributed by atoms with Gasteiger partial charge in [0, 0.05) is 13.1 Å². The van der Waals surface area contributed by atoms with Crippen LogP contribution in [0.1, 0.15) is 27.2 Å². The van der Waals surface area contributed by atoms with E-state index in [2.05, 4.69) is 9.97 Å². The second-order valence-electron chi connectivity index (χ2n) is 5.60. The molecule has 1 aromatic heterocycles. The van der Waals surface area contributed by atoms with Crippen molar-refractivity contribution < 1.29 is 9.66 Å². The molecule has 0 fully saturated rings. The minimum Gasteiger partial charge on any atom is -0.476 e. The quantitative estimate of drug-likeness (QED) is 0.573. The van der Waals surface area contributed by atoms with Crippen molar-refractivity contribution >= 4 is 11.5 Å². The molecule has 2 N–H and O–H groups in total. The van der Waals surface area contributed by atoms with Crippen LogP contribution < -0.4 is 15.4 Å². The van der Waals surface area contributed by atoms with E-state index in [-0.39, 0.29) is 22.8 Å². The van der Waals surface area contributed by atoms with E-state index in [0.29, 0.717) is 19.6 Å². The van der Waals surface area contributed by atoms with E-state index in [1.807, 2.05) is 25.7 Å². The summed E-state index contributed by atoms with van der Waals surface area (Å²) < 4.78 is 4.99. The Hall–Kier alpha value is -1.96. The summed E-state index contributed by atoms with van der Waals surface area (Å²) in [4.78, 5) is 20.6. The highest BCUT2D eigenvalue weighted by molar-refractivity contribution is 5.62. The zero-order valence-electron chi connectivity index (χ0n) is 13.0. The van der Waals surface area contributed by atoms with Gasteiger partial charge in [-0.2, -0.15) is 4.98 Å². The largest absolute Gasteiger partial charge is 0.476 e. The predicted octanol–water partition coefficient (Wildman–Crippen LogP) is 1.59. The normalized spacial score (nSPS) is 11.3. The Morgan fingerprint density at radius 1 is 1.48 bits per heavy atom. The van der Waals surface area contributed by atoms with E-state index in [1.54, 1.807) is 0 Å². The Labute approximate surface area is 124 Å². The summed E-state index contributed by atoms with van der Waals surface area (Å²) in [7, 11) is 1.35. The van der Waals surface area contributed by atoms with Crippen LogP contribution in [0.4, 0.5) is 11.5 Å². The lowest BCUT2D eigenvalue weighted by Gasteiger charge is -2.32. The van der Waals surface area contributed by atoms with Gasteiger partial charge >= 0.3 is 5.69 Å². The highest BCUT2D eigenvalue weighted by atomic mass is 16.6. The first-order valence-electron chi connectivity index (χ1n) is 6.84. The number of anilines is 1. The molecule has 21 heavy (non-hydrogen) atoms. The predicted molar refractivity (Wildman–Crippen MR) is 80.6 cm³/mol. The number of rotatable bonds is 8. The van der Waals surface area contributed by atoms with Crippen LogP contribution in [0.2, 0.25) is 0 Å². The molecule has 0 amide bonds. The van der Waals surface area contributed by atoms with Crippen molar-refractivity contribution in [2.24, 2.45) is 11.1 Å². The fourth-order valence-electron chi connectivity index (χ4n) is 2.01. The highest BCUT2D eigenvalue weighted by Crippen LogP contribution is 2.34. The summed E-state index contributed by atoms with van der Waals surface area (Å²) in [6, 6.07) is 0. The first-order valence-corrected chi connectivity index (χ1v) is 6.84. The smallest absolute Gasteiger partial charge is 0.372 e. The molecule has 118 valence electrons. The number of nitrogens with two attached hydrogens (primary N) is 1. The van der Waals surface area contributed by atoms with E-state index < -0.39 is 4.92 Å². The molecule has 0 saturated heterocycles. The number of nitrogens with zero attached hydrogens (tertiary/aromatic N) is 4. The lowest BCUT2D eigenvalue weighted by Crippen LogP contribution is -2.40. The molecule has 1 heterocycles. The lowest BCUT2D eigenvalue weighted by atomic mass is 9.93. The molecule has 0 aromatic carbocycles. The fraction of sp³-hybridized carbons (Fsp3) is 0.692. The van der Waals surface area contributed by atoms with Crippen LogP contribution in [-0.4, -0.2) is 41.6 Å². The van der Waals surface area contributed by atoms with Gasteiger partial charge in [-0.25, -0.2) is 4.98 Å². The van der Waals surface area contributed by atoms with Crippen molar-refractivity contribution in [2.45, 2.75) is 27.2 Å². The fourth-order valence-corrected chi connectivity index (χ4v) is 2.01. The standard InChI is InChI=1S/C13H23N5O3/c1-5-6-17(8-13(2,3)7-14)11-10(18(19)20)12(21-4)16-9-15-11/h9H,5-8,14H2,1-4H3. The van der Waals surface area contributed by atoms with Gasteiger partial charge in [-0.15, -0.1) is 0 Å². The highest BCUT2D eigenvalue weighted by Gasteiger charge is 2.30. The Kier molecular flexibility index (Phi) is 5.83. The van der Waals surface area contributed by atoms with Crippen molar-refractivity contribution in [2.75, 3.05) is 31.6 Å². The molecule has 0 aliphatic rings. The number of hydrogen-bond donors (Lipinski definition) is 1. The zero-order chi connectivity index (χ0) is 16.0. The topological polar surface area (TPSA) is 107 Å². The molecule has 1 rings (SSSR count). The maximum atomic E-state index is 11.3. The van der Waals surface area contributed by atoms with Gasteiger partial charge in [0.25, 0.3) is 5.88 Å². The molecule has 0 aliphatic carbocycles. The summed E-state index contributed by atoms with van der Waals surface area (Å²) in [5, 5.41) is 11.3. The second-order valence-corrected chi connectivity index (χ2v) is 5.60. The van der Waals surface area contributed by atoms with Gasteiger partial charge in [0.05, 0.1) is 12.0 Å². The third-order valence-electron chi connectivity index (χ3n) is 3.11. The average molecular weight is 297 g/mol. The van der Waals surface area contributed by atoms with Crippen LogP contribution in [0.3, 0.4) is 0 Å². The minimum atomic E-state index is -0.508. The molecule has 0 unspecified atom stereocenters. The number of hydrogen-bond acceptors (Lipinski definition) is 7. The summed E-state index contributed by atoms with van der Waals surface area (Å²) in [6.07, 6.45) is 2.11. The Bertz CT molecular complexity index is 493. The summed E-state index contributed by atoms with van der Waals surface area (Å²) in [5.74, 6) is 0.242. The van der Waals surface area contributed by atoms with E-state index in [0.717, 1.165) is 6.42 Å². The molecule has 0 saturated carbocycles. The summed E-state index contributed by atoms with van der Waals surface area (Å²) >= 11 is 0. The first-order chi connectivity index (χ1) is 9.86. The minimum absolute atomic E-state index is 0.0309. The zero-order valence-corrected chi connectivity index (χ0v) is 13.0. The number of ether oxygens (including phenoxy) is 1. The van der Waals surface area contributed by atoms with Gasteiger partial charge in [0.15, 0.2) is 0 Å². The molecule has 0 spiro atoms. The van der Waals surface area contributed by atoms with Crippen molar-refractivity contribution in [3.8, 4) is 5.88 Å². The molecule has 0 bridgehead atoms. The summed E-state index contributed by atoms with van der Waals surface area (Å²) in [5.41, 5.74) is 5.38. The molecular weight excluding hydrogens is 274 g/mol. The number of aromatic nitrogens is 2. The van der Waals surface area contributed by atoms with Crippen molar-refractivity contribution in [1.29, 1.82) is 0 Å². The van der Waals surface area contributed by atoms with Crippen LogP contribution in [0.15, 0.2) is 6.33 Å². The molecule has 1 aromatic rings. The van der Waals surface area contributed by atoms with Crippen LogP contribution in [-0.2, 0) is 0 Å². The summed E-state index contributed by atoms with van der Waals surface area (Å²) in [6.45, 7) is 7.72. The van der Waals surface area contributed by atoms with Crippen molar-refractivity contribution in [3.63, 3.8) is 0 Å². The van der Waals surface area contributed by atoms with Crippen molar-refractivity contribution in [1.82, 2.24) is 9.97 Å². The van der Waals surface area contributed by atoms with Crippen LogP contribution in [0, 0.1) is 15.5 Å². The number of methoxy groups -OCH3 is 1. The second kappa shape index (κ2) is 7.16. The van der Waals surface area contributed by atoms with Gasteiger partial charge in [-0.3, -0.25) is 10.1 Å². The monoisotopic (exact) mass is 297 g/mol. The van der Waals surface area contributed by atoms with E-state index in [4.69, 9.17) is 10.5 Å². The molecule has 0 atom stereocenters. The SMILES string of the molecule is CCCN(CC(C)(C)CN)c1ncnc(OC)c1[N+](=O)[O-]. The molecular formula is C13H23N5O3. The third-order valence-corrected chi connectivity index (χ3v) is 3.11. The van der Waals surface area contributed by atoms with E-state index in [9.17, 15) is 10.1 Å². The van der Waals surface area contributed by atoms with Crippen LogP contribution in [0.5, 0.6) is 5.88 Å². The maximum absolute atomic E-state index is 11.3. The Balaban J connectivity index is 3.28. The van der Waals surface area contributed by atoms with Gasteiger partial charge in [-0.05, 0) is 18.4 Å². The van der Waals surface area contributed by atoms with E-state index >= 15 is 0 Å². The average Bonchev–Trinajstić information content (AvgIpc) is 2.45. The Morgan fingerprint density at radius 2 is 2.14 bits per heavy atom. The van der Waals surface area contributed by atoms with Gasteiger partial charge < -0.3 is 15.4 Å². The third kappa shape index (κ3) is 4.25. The molecule has 0 radical (unpaired) electrons. The Morgan fingerprint density at radius 3 is 2.62 bits per heavy atom. The maximum Gasteiger partial charge on any atom is 0.372 e. The molecule has 0 aliphatic heterocycles. The van der Waals surface area contributed by atoms with Gasteiger partial charge in [0.2, 0.25) is 5.82 Å². The first kappa shape index (κ1) is 17.1. The lowest BCUT2D eigenvalue weighted by molar-refractivity contribution is -0.385. The van der Waals surface area contributed by atoms with Crippen LogP contribution in [0.25, 0.3) is 0 Å². The number of nitro groups is 1. The van der Waals surface area contributed by atoms with Gasteiger partial charge in [-0.1, -0.05) is 20.8 Å². The van der Waals surface area contributed by atoms with E-state index in [1.165, 1.54) is 13.4 Å². The molecule has 8 heteroatoms. The molecule has 8 nitrogen and oxygen atoms in total. The van der Waals surface area contributed by atoms with Gasteiger partial charge in [0.1, 0.15) is 6.33 Å². The van der Waals surface area contributed by atoms with Crippen LogP contribution >= 0.6 is 0 Å².